The molecule has 308 valence electrons. The van der Waals surface area contributed by atoms with Gasteiger partial charge in [0.25, 0.3) is 0 Å². The minimum Gasteiger partial charge on any atom is -0.549 e. The molecule has 3 saturated carbocycles. The molecule has 9 N–H and O–H groups in total. The van der Waals surface area contributed by atoms with Crippen molar-refractivity contribution in [2.75, 3.05) is 27.4 Å². The lowest BCUT2D eigenvalue weighted by molar-refractivity contribution is -0.754. The van der Waals surface area contributed by atoms with E-state index >= 15 is 0 Å². The number of rotatable bonds is 11. The third-order valence-electron chi connectivity index (χ3n) is 15.9. The molecule has 0 aromatic carbocycles. The predicted molar refractivity (Wildman–Crippen MR) is 198 cm³/mol. The van der Waals surface area contributed by atoms with Gasteiger partial charge in [-0.2, -0.15) is 0 Å². The molecule has 3 aliphatic heterocycles. The van der Waals surface area contributed by atoms with E-state index < -0.39 is 47.8 Å². The Morgan fingerprint density at radius 2 is 1.69 bits per heavy atom. The number of carbonyl (C=O) groups is 1. The third kappa shape index (κ3) is 7.96. The number of hydrogen-bond acceptors (Lipinski definition) is 10. The Hall–Kier alpha value is -1.19. The van der Waals surface area contributed by atoms with Crippen LogP contribution in [0.4, 0.5) is 0 Å². The van der Waals surface area contributed by atoms with Crippen LogP contribution in [-0.4, -0.2) is 116 Å². The number of hydrogen-bond donors (Lipinski definition) is 6. The molecule has 0 bridgehead atoms. The zero-order chi connectivity index (χ0) is 38.2. The number of methoxy groups -OCH3 is 2. The van der Waals surface area contributed by atoms with E-state index in [4.69, 9.17) is 24.7 Å². The third-order valence-corrected chi connectivity index (χ3v) is 15.9. The van der Waals surface area contributed by atoms with Gasteiger partial charge in [-0.25, -0.2) is 0 Å². The topological polar surface area (TPSA) is 197 Å². The fourth-order valence-electron chi connectivity index (χ4n) is 13.6. The van der Waals surface area contributed by atoms with Crippen LogP contribution < -0.4 is 21.5 Å². The standard InChI is InChI=1S/C42H71N3O9/c1-24-22-41(13-4-5-14-41)42(30(9-10-31(42)40(49)50)26-12-15-44-38(43)19-26)37(45-24)23-53-36-18-27(17-35(52-3)39(36)48)33-21-28(46)20-29(54-33)8-6-25-7-11-32(47)34(16-25)51-2/h9-10,24-39,44-48H,4-8,11-23,43H2,1-3H3,(H,49,50)/p+1/t24-,25?,26?,27?,28+,29+,30-,31+,32?,33-,34?,35?,36?,37-,38?,39?,42+/m1/s1. The number of carbonyl (C=O) groups excluding carboxylic acids is 1. The number of aliphatic carboxylic acids is 1. The number of carboxylic acids is 1. The molecule has 12 nitrogen and oxygen atoms in total. The predicted octanol–water partition coefficient (Wildman–Crippen LogP) is 0.104. The van der Waals surface area contributed by atoms with Gasteiger partial charge in [-0.15, -0.1) is 0 Å². The smallest absolute Gasteiger partial charge is 0.137 e. The number of piperidine rings is 2. The molecule has 0 aromatic rings. The Kier molecular flexibility index (Phi) is 13.2. The lowest BCUT2D eigenvalue weighted by Gasteiger charge is -2.61. The van der Waals surface area contributed by atoms with E-state index in [0.717, 1.165) is 83.6 Å². The van der Waals surface area contributed by atoms with Crippen LogP contribution in [0.1, 0.15) is 110 Å². The first-order valence-corrected chi connectivity index (χ1v) is 21.7. The van der Waals surface area contributed by atoms with Crippen molar-refractivity contribution in [1.29, 1.82) is 0 Å². The molecule has 2 spiro atoms. The van der Waals surface area contributed by atoms with Crippen LogP contribution in [0.3, 0.4) is 0 Å². The summed E-state index contributed by atoms with van der Waals surface area (Å²) in [5, 5.41) is 50.9. The van der Waals surface area contributed by atoms with Gasteiger partial charge in [-0.05, 0) is 107 Å². The fraction of sp³-hybridized carbons (Fsp3) is 0.929. The van der Waals surface area contributed by atoms with Crippen LogP contribution >= 0.6 is 0 Å². The molecule has 4 aliphatic carbocycles. The first-order valence-electron chi connectivity index (χ1n) is 21.7. The first-order chi connectivity index (χ1) is 26.0. The van der Waals surface area contributed by atoms with Crippen LogP contribution in [-0.2, 0) is 23.7 Å². The van der Waals surface area contributed by atoms with E-state index in [2.05, 4.69) is 23.6 Å². The van der Waals surface area contributed by atoms with E-state index in [1.807, 2.05) is 6.08 Å². The van der Waals surface area contributed by atoms with Gasteiger partial charge in [-0.1, -0.05) is 25.0 Å². The molecule has 17 atom stereocenters. The van der Waals surface area contributed by atoms with Gasteiger partial charge in [0, 0.05) is 50.8 Å². The highest BCUT2D eigenvalue weighted by atomic mass is 16.5. The van der Waals surface area contributed by atoms with Gasteiger partial charge in [0.05, 0.1) is 61.9 Å². The Labute approximate surface area is 322 Å². The van der Waals surface area contributed by atoms with Crippen molar-refractivity contribution in [3.8, 4) is 0 Å². The number of nitrogens with two attached hydrogens (primary N) is 3. The van der Waals surface area contributed by atoms with Crippen molar-refractivity contribution in [1.82, 2.24) is 0 Å². The number of allylic oxidation sites excluding steroid dienone is 1. The zero-order valence-corrected chi connectivity index (χ0v) is 33.1. The van der Waals surface area contributed by atoms with Gasteiger partial charge in [0.15, 0.2) is 0 Å². The average molecular weight is 763 g/mol. The van der Waals surface area contributed by atoms with Gasteiger partial charge in [0.2, 0.25) is 0 Å². The Balaban J connectivity index is 1.09. The minimum absolute atomic E-state index is 0.0154. The second-order valence-electron chi connectivity index (χ2n) is 19.0. The second-order valence-corrected chi connectivity index (χ2v) is 19.0. The fourth-order valence-corrected chi connectivity index (χ4v) is 13.6. The van der Waals surface area contributed by atoms with Crippen molar-refractivity contribution in [2.45, 2.75) is 177 Å². The molecule has 54 heavy (non-hydrogen) atoms. The van der Waals surface area contributed by atoms with Crippen molar-refractivity contribution >= 4 is 5.97 Å². The maximum Gasteiger partial charge on any atom is 0.137 e. The number of quaternary nitrogens is 2. The summed E-state index contributed by atoms with van der Waals surface area (Å²) in [5.41, 5.74) is 5.84. The van der Waals surface area contributed by atoms with Crippen molar-refractivity contribution in [3.63, 3.8) is 0 Å². The summed E-state index contributed by atoms with van der Waals surface area (Å²) in [7, 11) is 3.31. The Bertz CT molecular complexity index is 1280. The van der Waals surface area contributed by atoms with Crippen LogP contribution in [0.25, 0.3) is 0 Å². The molecule has 0 amide bonds. The lowest BCUT2D eigenvalue weighted by Crippen LogP contribution is -3.03. The average Bonchev–Trinajstić information content (AvgIpc) is 3.79. The van der Waals surface area contributed by atoms with Gasteiger partial charge >= 0.3 is 0 Å². The van der Waals surface area contributed by atoms with Crippen molar-refractivity contribution < 1.29 is 54.8 Å². The summed E-state index contributed by atoms with van der Waals surface area (Å²) < 4.78 is 25.2. The van der Waals surface area contributed by atoms with E-state index in [0.29, 0.717) is 50.2 Å². The Morgan fingerprint density at radius 1 is 0.926 bits per heavy atom. The maximum absolute atomic E-state index is 13.3. The summed E-state index contributed by atoms with van der Waals surface area (Å²) in [5.74, 6) is -0.832. The summed E-state index contributed by atoms with van der Waals surface area (Å²) >= 11 is 0. The van der Waals surface area contributed by atoms with Crippen LogP contribution in [0.15, 0.2) is 12.2 Å². The highest BCUT2D eigenvalue weighted by Crippen LogP contribution is 2.67. The molecular weight excluding hydrogens is 690 g/mol. The van der Waals surface area contributed by atoms with E-state index in [1.165, 1.54) is 0 Å². The van der Waals surface area contributed by atoms with Gasteiger partial charge in [-0.3, -0.25) is 5.73 Å². The summed E-state index contributed by atoms with van der Waals surface area (Å²) in [6.07, 6.45) is 15.1. The zero-order valence-electron chi connectivity index (χ0n) is 33.1. The van der Waals surface area contributed by atoms with Gasteiger partial charge < -0.3 is 54.8 Å². The van der Waals surface area contributed by atoms with Crippen LogP contribution in [0, 0.1) is 40.4 Å². The normalized spacial score (nSPS) is 48.1. The molecule has 0 radical (unpaired) electrons. The lowest BCUT2D eigenvalue weighted by atomic mass is 9.45. The molecule has 9 unspecified atom stereocenters. The number of aliphatic hydroxyl groups excluding tert-OH is 3. The van der Waals surface area contributed by atoms with E-state index in [9.17, 15) is 25.2 Å². The van der Waals surface area contributed by atoms with Crippen LogP contribution in [0.2, 0.25) is 0 Å². The number of carboxylic acid groups (broad SMARTS) is 1. The highest BCUT2D eigenvalue weighted by molar-refractivity contribution is 5.73. The maximum atomic E-state index is 13.3. The summed E-state index contributed by atoms with van der Waals surface area (Å²) in [6, 6.07) is 0.186. The van der Waals surface area contributed by atoms with E-state index in [-0.39, 0.29) is 47.8 Å². The summed E-state index contributed by atoms with van der Waals surface area (Å²) in [4.78, 5) is 13.3. The molecule has 3 saturated heterocycles. The quantitative estimate of drug-likeness (QED) is 0.157. The molecule has 7 aliphatic rings. The minimum atomic E-state index is -0.987. The first kappa shape index (κ1) is 41.0. The number of aliphatic hydroxyl groups is 3. The highest BCUT2D eigenvalue weighted by Gasteiger charge is 2.70. The molecule has 0 aromatic heterocycles. The second kappa shape index (κ2) is 17.3. The monoisotopic (exact) mass is 763 g/mol. The summed E-state index contributed by atoms with van der Waals surface area (Å²) in [6.45, 7) is 3.56. The molecule has 12 heteroatoms. The molecule has 7 rings (SSSR count). The van der Waals surface area contributed by atoms with Crippen LogP contribution in [0.5, 0.6) is 0 Å². The SMILES string of the molecule is COC1CC(CC[C@H]2C[C@H](O)C[C@H](C3CC(OC)C(O)C(OC[C@H]4[NH2+][C@H](C)CC5(CCCC5)[C@]45[C@@H](C4CC[NH2+]C(N)C4)C=C[C@H]5C(=O)[O-])C3)O2)CCC1O. The van der Waals surface area contributed by atoms with E-state index in [1.54, 1.807) is 14.2 Å². The molecule has 6 fully saturated rings. The van der Waals surface area contributed by atoms with Crippen molar-refractivity contribution in [2.24, 2.45) is 46.2 Å². The van der Waals surface area contributed by atoms with Gasteiger partial charge in [0.1, 0.15) is 18.3 Å². The molecule has 3 heterocycles. The van der Waals surface area contributed by atoms with Crippen molar-refractivity contribution in [3.05, 3.63) is 12.2 Å². The number of ether oxygens (including phenoxy) is 4. The largest absolute Gasteiger partial charge is 0.549 e. The Morgan fingerprint density at radius 3 is 2.41 bits per heavy atom. The molecular formula is C42H72N3O9+. The number of fused-ring (bicyclic) bond motifs is 1.